The third kappa shape index (κ3) is 5.28. The van der Waals surface area contributed by atoms with Gasteiger partial charge in [0.05, 0.1) is 15.2 Å². The number of carbonyl (C=O) groups is 2. The first-order valence-electron chi connectivity index (χ1n) is 9.07. The second-order valence-corrected chi connectivity index (χ2v) is 8.84. The average Bonchev–Trinajstić information content (AvgIpc) is 2.70. The lowest BCUT2D eigenvalue weighted by Crippen LogP contribution is -2.35. The van der Waals surface area contributed by atoms with Crippen molar-refractivity contribution in [3.63, 3.8) is 0 Å². The molecule has 3 aromatic rings. The van der Waals surface area contributed by atoms with Crippen LogP contribution in [0, 0.1) is 25.5 Å². The van der Waals surface area contributed by atoms with Gasteiger partial charge < -0.3 is 10.1 Å². The summed E-state index contributed by atoms with van der Waals surface area (Å²) in [5.74, 6) is -2.33. The van der Waals surface area contributed by atoms with Crippen molar-refractivity contribution in [2.45, 2.75) is 13.8 Å². The number of nitrogens with one attached hydrogen (secondary N) is 2. The van der Waals surface area contributed by atoms with E-state index in [0.29, 0.717) is 22.6 Å². The number of rotatable bonds is 4. The molecule has 0 atom stereocenters. The molecule has 0 spiro atoms. The molecular formula is C22H15Br2ClF2N2O3. The van der Waals surface area contributed by atoms with Gasteiger partial charge in [-0.3, -0.25) is 10.1 Å². The van der Waals surface area contributed by atoms with Crippen molar-refractivity contribution in [3.05, 3.63) is 84.8 Å². The first kappa shape index (κ1) is 24.2. The summed E-state index contributed by atoms with van der Waals surface area (Å²) in [6.45, 7) is 3.47. The number of hydrogen-bond acceptors (Lipinski definition) is 3. The molecule has 0 fully saturated rings. The van der Waals surface area contributed by atoms with Gasteiger partial charge in [0.15, 0.2) is 0 Å². The molecular weight excluding hydrogens is 574 g/mol. The standard InChI is InChI=1S/C22H15Br2ClF2N2O3/c1-10-8-16(28-22(31)29-21(30)18-14(26)4-3-5-15(18)27)19(25)11(2)20(10)32-17-7-6-12(23)9-13(17)24/h3-9H,1-2H3,(H2,28,29,30,31). The number of aryl methyl sites for hydroxylation is 1. The molecule has 0 bridgehead atoms. The Hall–Kier alpha value is -2.49. The molecule has 0 unspecified atom stereocenters. The maximum Gasteiger partial charge on any atom is 0.326 e. The molecule has 32 heavy (non-hydrogen) atoms. The van der Waals surface area contributed by atoms with Gasteiger partial charge in [-0.15, -0.1) is 0 Å². The fraction of sp³-hybridized carbons (Fsp3) is 0.0909. The summed E-state index contributed by atoms with van der Waals surface area (Å²) in [6.07, 6.45) is 0. The number of anilines is 1. The minimum absolute atomic E-state index is 0.179. The lowest BCUT2D eigenvalue weighted by Gasteiger charge is -2.17. The summed E-state index contributed by atoms with van der Waals surface area (Å²) >= 11 is 13.2. The van der Waals surface area contributed by atoms with Crippen LogP contribution in [-0.2, 0) is 0 Å². The fourth-order valence-electron chi connectivity index (χ4n) is 2.89. The molecule has 2 N–H and O–H groups in total. The first-order valence-corrected chi connectivity index (χ1v) is 11.0. The molecule has 3 aromatic carbocycles. The minimum atomic E-state index is -1.22. The molecule has 0 heterocycles. The molecule has 5 nitrogen and oxygen atoms in total. The fourth-order valence-corrected chi connectivity index (χ4v) is 4.21. The summed E-state index contributed by atoms with van der Waals surface area (Å²) in [7, 11) is 0. The number of amides is 3. The van der Waals surface area contributed by atoms with Crippen LogP contribution in [0.5, 0.6) is 11.5 Å². The summed E-state index contributed by atoms with van der Waals surface area (Å²) in [6, 6.07) is 8.94. The van der Waals surface area contributed by atoms with Gasteiger partial charge in [0.25, 0.3) is 5.91 Å². The SMILES string of the molecule is Cc1cc(NC(=O)NC(=O)c2c(F)cccc2F)c(Cl)c(C)c1Oc1ccc(Br)cc1Br. The van der Waals surface area contributed by atoms with Crippen molar-refractivity contribution in [2.75, 3.05) is 5.32 Å². The highest BCUT2D eigenvalue weighted by atomic mass is 79.9. The Morgan fingerprint density at radius 2 is 1.69 bits per heavy atom. The molecule has 0 saturated carbocycles. The molecule has 0 aromatic heterocycles. The maximum absolute atomic E-state index is 13.7. The van der Waals surface area contributed by atoms with Crippen molar-refractivity contribution >= 4 is 61.1 Å². The number of imide groups is 1. The molecule has 3 amide bonds. The normalized spacial score (nSPS) is 10.6. The van der Waals surface area contributed by atoms with Crippen LogP contribution in [0.2, 0.25) is 5.02 Å². The van der Waals surface area contributed by atoms with Gasteiger partial charge in [0.1, 0.15) is 28.7 Å². The average molecular weight is 589 g/mol. The Morgan fingerprint density at radius 1 is 1.03 bits per heavy atom. The third-order valence-corrected chi connectivity index (χ3v) is 6.00. The Kier molecular flexibility index (Phi) is 7.53. The van der Waals surface area contributed by atoms with Gasteiger partial charge in [-0.1, -0.05) is 33.6 Å². The Morgan fingerprint density at radius 3 is 2.31 bits per heavy atom. The van der Waals surface area contributed by atoms with E-state index < -0.39 is 29.1 Å². The molecule has 166 valence electrons. The number of benzene rings is 3. The second kappa shape index (κ2) is 9.97. The van der Waals surface area contributed by atoms with E-state index in [0.717, 1.165) is 27.1 Å². The second-order valence-electron chi connectivity index (χ2n) is 6.69. The predicted octanol–water partition coefficient (Wildman–Crippen LogP) is 7.51. The zero-order valence-corrected chi connectivity index (χ0v) is 20.6. The largest absolute Gasteiger partial charge is 0.456 e. The van der Waals surface area contributed by atoms with Crippen LogP contribution in [0.3, 0.4) is 0 Å². The van der Waals surface area contributed by atoms with Crippen LogP contribution in [-0.4, -0.2) is 11.9 Å². The highest BCUT2D eigenvalue weighted by Crippen LogP contribution is 2.40. The van der Waals surface area contributed by atoms with Gasteiger partial charge in [0, 0.05) is 10.0 Å². The van der Waals surface area contributed by atoms with E-state index in [4.69, 9.17) is 16.3 Å². The highest BCUT2D eigenvalue weighted by Gasteiger charge is 2.21. The number of urea groups is 1. The van der Waals surface area contributed by atoms with Crippen LogP contribution in [0.25, 0.3) is 0 Å². The van der Waals surface area contributed by atoms with Crippen molar-refractivity contribution in [1.29, 1.82) is 0 Å². The molecule has 0 aliphatic carbocycles. The van der Waals surface area contributed by atoms with Crippen LogP contribution in [0.1, 0.15) is 21.5 Å². The van der Waals surface area contributed by atoms with E-state index in [1.165, 1.54) is 0 Å². The van der Waals surface area contributed by atoms with E-state index >= 15 is 0 Å². The summed E-state index contributed by atoms with van der Waals surface area (Å²) in [5.41, 5.74) is 0.542. The lowest BCUT2D eigenvalue weighted by atomic mass is 10.1. The number of halogens is 5. The van der Waals surface area contributed by atoms with Crippen LogP contribution >= 0.6 is 43.5 Å². The van der Waals surface area contributed by atoms with E-state index in [-0.39, 0.29) is 10.7 Å². The summed E-state index contributed by atoms with van der Waals surface area (Å²) < 4.78 is 35.1. The van der Waals surface area contributed by atoms with Crippen molar-refractivity contribution < 1.29 is 23.1 Å². The molecule has 0 aliphatic heterocycles. The summed E-state index contributed by atoms with van der Waals surface area (Å²) in [5, 5.41) is 4.49. The Balaban J connectivity index is 1.80. The zero-order valence-electron chi connectivity index (χ0n) is 16.7. The van der Waals surface area contributed by atoms with Crippen molar-refractivity contribution in [3.8, 4) is 11.5 Å². The van der Waals surface area contributed by atoms with Gasteiger partial charge in [0.2, 0.25) is 0 Å². The number of ether oxygens (including phenoxy) is 1. The van der Waals surface area contributed by atoms with Gasteiger partial charge in [-0.25, -0.2) is 13.6 Å². The lowest BCUT2D eigenvalue weighted by molar-refractivity contribution is 0.0959. The minimum Gasteiger partial charge on any atom is -0.456 e. The van der Waals surface area contributed by atoms with Crippen LogP contribution < -0.4 is 15.4 Å². The molecule has 0 saturated heterocycles. The number of carbonyl (C=O) groups excluding carboxylic acids is 2. The van der Waals surface area contributed by atoms with Crippen molar-refractivity contribution in [2.24, 2.45) is 0 Å². The van der Waals surface area contributed by atoms with E-state index in [9.17, 15) is 18.4 Å². The Labute approximate surface area is 204 Å². The van der Waals surface area contributed by atoms with Gasteiger partial charge in [-0.05, 0) is 71.7 Å². The van der Waals surface area contributed by atoms with E-state index in [2.05, 4.69) is 37.2 Å². The topological polar surface area (TPSA) is 67.4 Å². The van der Waals surface area contributed by atoms with Crippen LogP contribution in [0.4, 0.5) is 19.3 Å². The highest BCUT2D eigenvalue weighted by molar-refractivity contribution is 9.11. The predicted molar refractivity (Wildman–Crippen MR) is 126 cm³/mol. The van der Waals surface area contributed by atoms with Gasteiger partial charge >= 0.3 is 6.03 Å². The zero-order chi connectivity index (χ0) is 23.6. The van der Waals surface area contributed by atoms with Crippen LogP contribution in [0.15, 0.2) is 51.4 Å². The smallest absolute Gasteiger partial charge is 0.326 e. The Bertz CT molecular complexity index is 1220. The van der Waals surface area contributed by atoms with Gasteiger partial charge in [-0.2, -0.15) is 0 Å². The van der Waals surface area contributed by atoms with E-state index in [1.54, 1.807) is 26.0 Å². The maximum atomic E-state index is 13.7. The monoisotopic (exact) mass is 586 g/mol. The quantitative estimate of drug-likeness (QED) is 0.332. The molecule has 0 radical (unpaired) electrons. The third-order valence-electron chi connectivity index (χ3n) is 4.40. The molecule has 3 rings (SSSR count). The van der Waals surface area contributed by atoms with E-state index in [1.807, 2.05) is 17.4 Å². The van der Waals surface area contributed by atoms with Crippen molar-refractivity contribution in [1.82, 2.24) is 5.32 Å². The molecule has 10 heteroatoms. The first-order chi connectivity index (χ1) is 15.1. The number of hydrogen-bond donors (Lipinski definition) is 2. The summed E-state index contributed by atoms with van der Waals surface area (Å²) in [4.78, 5) is 24.4. The molecule has 0 aliphatic rings.